The van der Waals surface area contributed by atoms with E-state index in [1.54, 1.807) is 21.3 Å². The summed E-state index contributed by atoms with van der Waals surface area (Å²) >= 11 is 9.53. The summed E-state index contributed by atoms with van der Waals surface area (Å²) in [7, 11) is 3.88. The summed E-state index contributed by atoms with van der Waals surface area (Å²) in [6.07, 6.45) is 0.435. The number of Topliss-reactive ketones (excluding diaryl/α,β-unsaturated/α-hetero) is 1. The molecule has 19 nitrogen and oxygen atoms in total. The van der Waals surface area contributed by atoms with Crippen LogP contribution in [0.4, 0.5) is 46.5 Å². The fourth-order valence-corrected chi connectivity index (χ4v) is 8.44. The van der Waals surface area contributed by atoms with Crippen LogP contribution < -0.4 is 5.73 Å². The van der Waals surface area contributed by atoms with E-state index in [-0.39, 0.29) is 36.1 Å². The van der Waals surface area contributed by atoms with Crippen molar-refractivity contribution >= 4 is 75.8 Å². The summed E-state index contributed by atoms with van der Waals surface area (Å²) in [6, 6.07) is 1.13. The second-order valence-electron chi connectivity index (χ2n) is 11.5. The van der Waals surface area contributed by atoms with E-state index in [0.29, 0.717) is 19.0 Å². The number of alkyl halides is 2. The van der Waals surface area contributed by atoms with Gasteiger partial charge in [-0.15, -0.1) is 28.3 Å². The highest BCUT2D eigenvalue weighted by molar-refractivity contribution is 6.60. The average Bonchev–Trinajstić information content (AvgIpc) is 3.59. The van der Waals surface area contributed by atoms with Gasteiger partial charge in [-0.25, -0.2) is 39.9 Å². The first-order valence-electron chi connectivity index (χ1n) is 17.3. The minimum absolute atomic E-state index is 0.0572. The molecule has 2 aromatic carbocycles. The van der Waals surface area contributed by atoms with Crippen molar-refractivity contribution in [2.75, 3.05) is 54.5 Å². The first kappa shape index (κ1) is 58.5. The zero-order valence-corrected chi connectivity index (χ0v) is 37.6. The number of hydrogen-bond donors (Lipinski definition) is 1. The van der Waals surface area contributed by atoms with E-state index in [9.17, 15) is 54.3 Å². The molecule has 1 fully saturated rings. The summed E-state index contributed by atoms with van der Waals surface area (Å²) < 4.78 is 141. The average molecular weight is 992 g/mol. The molecule has 0 bridgehead atoms. The van der Waals surface area contributed by atoms with Gasteiger partial charge in [-0.2, -0.15) is 0 Å². The first-order chi connectivity index (χ1) is 29.7. The highest BCUT2D eigenvalue weighted by atomic mass is 35.5. The van der Waals surface area contributed by atoms with E-state index in [1.165, 1.54) is 21.3 Å². The predicted octanol–water partition coefficient (Wildman–Crippen LogP) is 8.46. The summed E-state index contributed by atoms with van der Waals surface area (Å²) in [5, 5.41) is 5.13. The van der Waals surface area contributed by atoms with Crippen LogP contribution in [-0.4, -0.2) is 101 Å². The second kappa shape index (κ2) is 29.1. The molecular formula is C32H40Cl2F8N8O11Si2. The number of unbranched alkanes of at least 4 members (excludes halogenated alkanes) is 1. The van der Waals surface area contributed by atoms with Crippen LogP contribution in [0.15, 0.2) is 10.2 Å². The minimum atomic E-state index is -2.85. The minimum Gasteiger partial charge on any atom is -0.377 e. The van der Waals surface area contributed by atoms with Gasteiger partial charge in [0.05, 0.1) is 10.9 Å². The van der Waals surface area contributed by atoms with Crippen LogP contribution in [0, 0.1) is 46.5 Å². The lowest BCUT2D eigenvalue weighted by Gasteiger charge is -2.24. The highest BCUT2D eigenvalue weighted by Crippen LogP contribution is 2.33. The normalized spacial score (nSPS) is 12.2. The van der Waals surface area contributed by atoms with Gasteiger partial charge in [0.2, 0.25) is 0 Å². The lowest BCUT2D eigenvalue weighted by molar-refractivity contribution is -0.172. The molecule has 0 aromatic heterocycles. The second-order valence-corrected chi connectivity index (χ2v) is 18.5. The topological polar surface area (TPSA) is 260 Å². The van der Waals surface area contributed by atoms with Crippen LogP contribution in [0.1, 0.15) is 59.2 Å². The standard InChI is InChI=1S/C14H17F4N3O4Si.C11H4F4N4O4.C6H17NO3Si.CH2Cl2/c1-23-26(24-2,25-3)7-5-4-6-8(22)9-10(15)12(17)14(20-21-19)13(18)11(9)16;12-6-5(7(13)9(15)10(8(6)14)17-18-16)11(22)23-19-3(20)1-2-4(19)21;1-8-11(9-2,10-3)6-4-5-7;2-1-3/h4-7H2,1-3H3;1-2H2;4-7H2,1-3H3;1H2. The molecule has 0 radical (unpaired) electrons. The molecule has 31 heteroatoms. The fourth-order valence-electron chi connectivity index (χ4n) is 4.90. The third-order valence-electron chi connectivity index (χ3n) is 8.12. The maximum absolute atomic E-state index is 13.9. The Bertz CT molecular complexity index is 1930. The molecule has 3 rings (SSSR count). The van der Waals surface area contributed by atoms with Crippen molar-refractivity contribution in [3.05, 3.63) is 78.6 Å². The van der Waals surface area contributed by atoms with E-state index in [2.05, 4.69) is 20.0 Å². The van der Waals surface area contributed by atoms with Crippen molar-refractivity contribution in [1.82, 2.24) is 5.06 Å². The van der Waals surface area contributed by atoms with E-state index >= 15 is 0 Å². The van der Waals surface area contributed by atoms with E-state index in [4.69, 9.17) is 66.6 Å². The van der Waals surface area contributed by atoms with Crippen molar-refractivity contribution in [2.45, 2.75) is 50.6 Å². The fraction of sp³-hybridized carbons (Fsp3) is 0.500. The molecule has 0 saturated carbocycles. The molecule has 63 heavy (non-hydrogen) atoms. The summed E-state index contributed by atoms with van der Waals surface area (Å²) in [6.45, 7) is 0.644. The molecule has 352 valence electrons. The Morgan fingerprint density at radius 3 is 1.29 bits per heavy atom. The van der Waals surface area contributed by atoms with Gasteiger partial charge >= 0.3 is 23.6 Å². The summed E-state index contributed by atoms with van der Waals surface area (Å²) in [4.78, 5) is 54.3. The molecule has 2 amide bonds. The summed E-state index contributed by atoms with van der Waals surface area (Å²) in [5.41, 5.74) is 15.4. The third-order valence-corrected chi connectivity index (χ3v) is 13.8. The number of hydrogen-bond acceptors (Lipinski definition) is 14. The van der Waals surface area contributed by atoms with Crippen molar-refractivity contribution in [2.24, 2.45) is 16.0 Å². The first-order valence-corrected chi connectivity index (χ1v) is 22.2. The largest absolute Gasteiger partial charge is 0.500 e. The van der Waals surface area contributed by atoms with Crippen LogP contribution in [0.25, 0.3) is 20.9 Å². The van der Waals surface area contributed by atoms with Gasteiger partial charge in [-0.05, 0) is 36.9 Å². The van der Waals surface area contributed by atoms with E-state index < -0.39 is 110 Å². The molecule has 0 atom stereocenters. The number of hydroxylamine groups is 2. The van der Waals surface area contributed by atoms with Gasteiger partial charge in [0.15, 0.2) is 52.3 Å². The molecule has 1 saturated heterocycles. The van der Waals surface area contributed by atoms with Crippen LogP contribution in [0.5, 0.6) is 0 Å². The number of nitrogens with zero attached hydrogens (tertiary/aromatic N) is 7. The molecule has 1 aliphatic rings. The van der Waals surface area contributed by atoms with Crippen LogP contribution in [0.2, 0.25) is 12.1 Å². The number of amides is 2. The molecule has 2 N–H and O–H groups in total. The zero-order chi connectivity index (χ0) is 48.7. The SMILES string of the molecule is CO[Si](CCCCC(=O)c1c(F)c(F)c(N=[N+]=[N-])c(F)c1F)(OC)OC.CO[Si](CCCN)(OC)OC.ClCCl.[N-]=[N+]=Nc1c(F)c(F)c(C(=O)ON2C(=O)CCC2=O)c(F)c1F. The number of nitrogens with two attached hydrogens (primary N) is 1. The van der Waals surface area contributed by atoms with Crippen molar-refractivity contribution < 1.29 is 85.7 Å². The monoisotopic (exact) mass is 990 g/mol. The van der Waals surface area contributed by atoms with Gasteiger partial charge in [0.25, 0.3) is 11.8 Å². The Morgan fingerprint density at radius 1 is 0.635 bits per heavy atom. The Kier molecular flexibility index (Phi) is 27.0. The molecule has 0 unspecified atom stereocenters. The van der Waals surface area contributed by atoms with E-state index in [1.807, 2.05) is 4.91 Å². The lowest BCUT2D eigenvalue weighted by Crippen LogP contribution is -2.42. The lowest BCUT2D eigenvalue weighted by atomic mass is 10.0. The molecule has 1 heterocycles. The highest BCUT2D eigenvalue weighted by Gasteiger charge is 2.39. The smallest absolute Gasteiger partial charge is 0.377 e. The van der Waals surface area contributed by atoms with Gasteiger partial charge in [-0.1, -0.05) is 10.2 Å². The molecule has 0 spiro atoms. The van der Waals surface area contributed by atoms with Gasteiger partial charge in [-0.3, -0.25) is 14.4 Å². The number of benzene rings is 2. The van der Waals surface area contributed by atoms with Gasteiger partial charge in [0, 0.05) is 83.8 Å². The number of imide groups is 1. The maximum atomic E-state index is 13.9. The number of azide groups is 2. The molecular weight excluding hydrogens is 951 g/mol. The van der Waals surface area contributed by atoms with E-state index in [0.717, 1.165) is 12.5 Å². The number of carbonyl (C=O) groups is 4. The number of ketones is 1. The van der Waals surface area contributed by atoms with Gasteiger partial charge < -0.3 is 37.1 Å². The Morgan fingerprint density at radius 2 is 0.968 bits per heavy atom. The molecule has 0 aliphatic carbocycles. The number of halogens is 10. The van der Waals surface area contributed by atoms with Crippen molar-refractivity contribution in [1.29, 1.82) is 0 Å². The van der Waals surface area contributed by atoms with Crippen molar-refractivity contribution in [3.63, 3.8) is 0 Å². The molecule has 1 aliphatic heterocycles. The zero-order valence-electron chi connectivity index (χ0n) is 34.0. The summed E-state index contributed by atoms with van der Waals surface area (Å²) in [5.74, 6) is -21.3. The Labute approximate surface area is 365 Å². The number of rotatable bonds is 19. The van der Waals surface area contributed by atoms with Crippen LogP contribution in [-0.2, 0) is 41.0 Å². The van der Waals surface area contributed by atoms with Crippen LogP contribution in [0.3, 0.4) is 0 Å². The van der Waals surface area contributed by atoms with Crippen LogP contribution >= 0.6 is 23.2 Å². The Balaban J connectivity index is 0.000000948. The number of carbonyl (C=O) groups excluding carboxylic acids is 4. The third kappa shape index (κ3) is 15.9. The maximum Gasteiger partial charge on any atom is 0.500 e. The quantitative estimate of drug-likeness (QED) is 0.0133. The molecule has 2 aromatic rings. The van der Waals surface area contributed by atoms with Crippen molar-refractivity contribution in [3.8, 4) is 0 Å². The predicted molar refractivity (Wildman–Crippen MR) is 208 cm³/mol. The van der Waals surface area contributed by atoms with Gasteiger partial charge in [0.1, 0.15) is 16.9 Å². The Hall–Kier alpha value is -4.49.